The van der Waals surface area contributed by atoms with Crippen molar-refractivity contribution in [3.8, 4) is 0 Å². The van der Waals surface area contributed by atoms with Crippen LogP contribution >= 0.6 is 0 Å². The van der Waals surface area contributed by atoms with Crippen molar-refractivity contribution < 1.29 is 18.0 Å². The predicted molar refractivity (Wildman–Crippen MR) is 93.1 cm³/mol. The molecule has 1 fully saturated rings. The standard InChI is InChI=1S/C19H21F3N4O/c1-25-16-11-23-10-14(16)17(24-25)18(27)26-8-6-12(7-9-26)13-4-2-3-5-15(13)19(20,21)22/h2-5,12,23H,6-11H2,1H3. The van der Waals surface area contributed by atoms with Gasteiger partial charge in [0.25, 0.3) is 5.91 Å². The summed E-state index contributed by atoms with van der Waals surface area (Å²) in [6, 6.07) is 5.76. The van der Waals surface area contributed by atoms with Crippen LogP contribution in [0.3, 0.4) is 0 Å². The molecule has 2 aliphatic heterocycles. The summed E-state index contributed by atoms with van der Waals surface area (Å²) in [6.07, 6.45) is -3.32. The van der Waals surface area contributed by atoms with E-state index in [9.17, 15) is 18.0 Å². The van der Waals surface area contributed by atoms with Crippen molar-refractivity contribution in [2.24, 2.45) is 7.05 Å². The van der Waals surface area contributed by atoms with Gasteiger partial charge in [-0.1, -0.05) is 18.2 Å². The van der Waals surface area contributed by atoms with Crippen molar-refractivity contribution in [1.29, 1.82) is 0 Å². The van der Waals surface area contributed by atoms with Gasteiger partial charge in [0, 0.05) is 38.8 Å². The summed E-state index contributed by atoms with van der Waals surface area (Å²) in [5.74, 6) is -0.318. The number of alkyl halides is 3. The second kappa shape index (κ2) is 6.67. The van der Waals surface area contributed by atoms with Gasteiger partial charge in [0.1, 0.15) is 0 Å². The van der Waals surface area contributed by atoms with Crippen LogP contribution in [0, 0.1) is 0 Å². The number of hydrogen-bond acceptors (Lipinski definition) is 3. The molecule has 3 heterocycles. The first-order chi connectivity index (χ1) is 12.9. The Balaban J connectivity index is 1.49. The number of nitrogens with one attached hydrogen (secondary N) is 1. The van der Waals surface area contributed by atoms with Gasteiger partial charge in [0.2, 0.25) is 0 Å². The van der Waals surface area contributed by atoms with E-state index in [0.717, 1.165) is 17.3 Å². The lowest BCUT2D eigenvalue weighted by atomic mass is 9.86. The quantitative estimate of drug-likeness (QED) is 0.874. The number of carbonyl (C=O) groups excluding carboxylic acids is 1. The molecule has 0 radical (unpaired) electrons. The topological polar surface area (TPSA) is 50.2 Å². The first-order valence-corrected chi connectivity index (χ1v) is 9.07. The van der Waals surface area contributed by atoms with E-state index < -0.39 is 11.7 Å². The molecular weight excluding hydrogens is 357 g/mol. The van der Waals surface area contributed by atoms with Crippen molar-refractivity contribution in [1.82, 2.24) is 20.0 Å². The maximum Gasteiger partial charge on any atom is 0.416 e. The van der Waals surface area contributed by atoms with Gasteiger partial charge in [-0.3, -0.25) is 9.48 Å². The number of carbonyl (C=O) groups is 1. The van der Waals surface area contributed by atoms with E-state index in [0.29, 0.717) is 50.3 Å². The molecule has 0 atom stereocenters. The van der Waals surface area contributed by atoms with E-state index in [-0.39, 0.29) is 11.8 Å². The van der Waals surface area contributed by atoms with Crippen molar-refractivity contribution in [3.05, 3.63) is 52.3 Å². The average Bonchev–Trinajstić information content (AvgIpc) is 3.25. The minimum atomic E-state index is -4.36. The van der Waals surface area contributed by atoms with E-state index >= 15 is 0 Å². The number of hydrogen-bond donors (Lipinski definition) is 1. The smallest absolute Gasteiger partial charge is 0.337 e. The number of piperidine rings is 1. The van der Waals surface area contributed by atoms with Gasteiger partial charge >= 0.3 is 6.18 Å². The molecule has 144 valence electrons. The van der Waals surface area contributed by atoms with Crippen molar-refractivity contribution >= 4 is 5.91 Å². The predicted octanol–water partition coefficient (Wildman–Crippen LogP) is 3.06. The van der Waals surface area contributed by atoms with Gasteiger partial charge in [0.15, 0.2) is 5.69 Å². The Hall–Kier alpha value is -2.35. The summed E-state index contributed by atoms with van der Waals surface area (Å²) in [5.41, 5.74) is 2.19. The summed E-state index contributed by atoms with van der Waals surface area (Å²) in [7, 11) is 1.82. The minimum Gasteiger partial charge on any atom is -0.337 e. The molecule has 1 aromatic heterocycles. The number of halogens is 3. The SMILES string of the molecule is Cn1nc(C(=O)N2CCC(c3ccccc3C(F)(F)F)CC2)c2c1CNC2. The highest BCUT2D eigenvalue weighted by Crippen LogP contribution is 2.38. The molecule has 0 spiro atoms. The molecule has 2 aliphatic rings. The van der Waals surface area contributed by atoms with Crippen LogP contribution in [0.2, 0.25) is 0 Å². The number of aromatic nitrogens is 2. The Kier molecular flexibility index (Phi) is 4.46. The van der Waals surface area contributed by atoms with Gasteiger partial charge in [-0.25, -0.2) is 0 Å². The van der Waals surface area contributed by atoms with Gasteiger partial charge < -0.3 is 10.2 Å². The normalized spacial score (nSPS) is 18.0. The summed E-state index contributed by atoms with van der Waals surface area (Å²) >= 11 is 0. The molecule has 0 aliphatic carbocycles. The van der Waals surface area contributed by atoms with Gasteiger partial charge in [-0.2, -0.15) is 18.3 Å². The molecule has 8 heteroatoms. The lowest BCUT2D eigenvalue weighted by Gasteiger charge is -2.33. The number of benzene rings is 1. The highest BCUT2D eigenvalue weighted by Gasteiger charge is 2.36. The largest absolute Gasteiger partial charge is 0.416 e. The van der Waals surface area contributed by atoms with E-state index in [2.05, 4.69) is 10.4 Å². The third kappa shape index (κ3) is 3.22. The Morgan fingerprint density at radius 1 is 1.19 bits per heavy atom. The molecule has 0 bridgehead atoms. The maximum atomic E-state index is 13.3. The molecule has 0 saturated carbocycles. The Morgan fingerprint density at radius 2 is 1.89 bits per heavy atom. The number of rotatable bonds is 2. The zero-order valence-electron chi connectivity index (χ0n) is 15.0. The maximum absolute atomic E-state index is 13.3. The Labute approximate surface area is 155 Å². The van der Waals surface area contributed by atoms with Gasteiger partial charge in [0.05, 0.1) is 11.3 Å². The Bertz CT molecular complexity index is 866. The highest BCUT2D eigenvalue weighted by atomic mass is 19.4. The highest BCUT2D eigenvalue weighted by molar-refractivity contribution is 5.94. The molecule has 0 unspecified atom stereocenters. The lowest BCUT2D eigenvalue weighted by molar-refractivity contribution is -0.138. The van der Waals surface area contributed by atoms with Crippen LogP contribution in [-0.4, -0.2) is 33.7 Å². The lowest BCUT2D eigenvalue weighted by Crippen LogP contribution is -2.39. The van der Waals surface area contributed by atoms with E-state index in [1.807, 2.05) is 7.05 Å². The summed E-state index contributed by atoms with van der Waals surface area (Å²) in [4.78, 5) is 14.6. The molecule has 4 rings (SSSR count). The summed E-state index contributed by atoms with van der Waals surface area (Å²) in [5, 5.41) is 7.59. The van der Waals surface area contributed by atoms with Crippen LogP contribution in [0.5, 0.6) is 0 Å². The first-order valence-electron chi connectivity index (χ1n) is 9.07. The van der Waals surface area contributed by atoms with E-state index in [1.165, 1.54) is 6.07 Å². The molecule has 1 amide bonds. The van der Waals surface area contributed by atoms with Crippen molar-refractivity contribution in [2.75, 3.05) is 13.1 Å². The zero-order chi connectivity index (χ0) is 19.2. The second-order valence-electron chi connectivity index (χ2n) is 7.15. The van der Waals surface area contributed by atoms with E-state index in [1.54, 1.807) is 21.7 Å². The number of nitrogens with zero attached hydrogens (tertiary/aromatic N) is 3. The third-order valence-corrected chi connectivity index (χ3v) is 5.56. The van der Waals surface area contributed by atoms with E-state index in [4.69, 9.17) is 0 Å². The first kappa shape index (κ1) is 18.0. The van der Waals surface area contributed by atoms with Crippen molar-refractivity contribution in [2.45, 2.75) is 38.0 Å². The zero-order valence-corrected chi connectivity index (χ0v) is 15.0. The fourth-order valence-corrected chi connectivity index (χ4v) is 4.14. The Morgan fingerprint density at radius 3 is 2.59 bits per heavy atom. The third-order valence-electron chi connectivity index (χ3n) is 5.56. The molecule has 1 aromatic carbocycles. The molecule has 5 nitrogen and oxygen atoms in total. The monoisotopic (exact) mass is 378 g/mol. The fraction of sp³-hybridized carbons (Fsp3) is 0.474. The van der Waals surface area contributed by atoms with Crippen molar-refractivity contribution in [3.63, 3.8) is 0 Å². The van der Waals surface area contributed by atoms with Crippen LogP contribution in [0.1, 0.15) is 51.6 Å². The van der Waals surface area contributed by atoms with Gasteiger partial charge in [-0.15, -0.1) is 0 Å². The fourth-order valence-electron chi connectivity index (χ4n) is 4.14. The number of aryl methyl sites for hydroxylation is 1. The molecule has 2 aromatic rings. The van der Waals surface area contributed by atoms with Crippen LogP contribution in [0.25, 0.3) is 0 Å². The number of likely N-dealkylation sites (tertiary alicyclic amines) is 1. The number of amides is 1. The molecule has 1 saturated heterocycles. The van der Waals surface area contributed by atoms with Crippen LogP contribution < -0.4 is 5.32 Å². The molecular formula is C19H21F3N4O. The summed E-state index contributed by atoms with van der Waals surface area (Å²) in [6.45, 7) is 2.20. The van der Waals surface area contributed by atoms with Gasteiger partial charge in [-0.05, 0) is 30.4 Å². The second-order valence-corrected chi connectivity index (χ2v) is 7.15. The van der Waals surface area contributed by atoms with Crippen LogP contribution in [0.4, 0.5) is 13.2 Å². The van der Waals surface area contributed by atoms with Crippen LogP contribution in [-0.2, 0) is 26.3 Å². The summed E-state index contributed by atoms with van der Waals surface area (Å²) < 4.78 is 41.6. The molecule has 1 N–H and O–H groups in total. The minimum absolute atomic E-state index is 0.127. The van der Waals surface area contributed by atoms with Crippen LogP contribution in [0.15, 0.2) is 24.3 Å². The molecule has 27 heavy (non-hydrogen) atoms. The average molecular weight is 378 g/mol. The number of fused-ring (bicyclic) bond motifs is 1.